The number of anilines is 2. The summed E-state index contributed by atoms with van der Waals surface area (Å²) in [6.45, 7) is 6.00. The van der Waals surface area contributed by atoms with E-state index in [0.717, 1.165) is 17.7 Å². The number of hydrogen-bond acceptors (Lipinski definition) is 4. The SMILES string of the molecule is CC[C@H](C)c1ccccc1O[C@H](C)C(=O)Nc1cc(N)ccc1OC. The highest BCUT2D eigenvalue weighted by atomic mass is 16.5. The molecule has 2 aromatic rings. The number of hydrogen-bond donors (Lipinski definition) is 2. The topological polar surface area (TPSA) is 73.6 Å². The largest absolute Gasteiger partial charge is 0.495 e. The molecule has 5 nitrogen and oxygen atoms in total. The van der Waals surface area contributed by atoms with Crippen molar-refractivity contribution in [3.8, 4) is 11.5 Å². The van der Waals surface area contributed by atoms with Gasteiger partial charge in [0, 0.05) is 5.69 Å². The number of nitrogen functional groups attached to an aromatic ring is 1. The summed E-state index contributed by atoms with van der Waals surface area (Å²) in [4.78, 5) is 12.5. The van der Waals surface area contributed by atoms with Crippen LogP contribution in [0.4, 0.5) is 11.4 Å². The van der Waals surface area contributed by atoms with E-state index in [2.05, 4.69) is 19.2 Å². The number of nitrogens with two attached hydrogens (primary N) is 1. The van der Waals surface area contributed by atoms with Gasteiger partial charge in [0.2, 0.25) is 0 Å². The molecule has 0 aliphatic heterocycles. The van der Waals surface area contributed by atoms with Crippen molar-refractivity contribution in [3.05, 3.63) is 48.0 Å². The lowest BCUT2D eigenvalue weighted by atomic mass is 9.98. The van der Waals surface area contributed by atoms with Crippen molar-refractivity contribution >= 4 is 17.3 Å². The van der Waals surface area contributed by atoms with Crippen LogP contribution in [0.1, 0.15) is 38.7 Å². The first-order valence-corrected chi connectivity index (χ1v) is 8.46. The number of benzene rings is 2. The van der Waals surface area contributed by atoms with Crippen LogP contribution in [-0.4, -0.2) is 19.1 Å². The number of ether oxygens (including phenoxy) is 2. The Hall–Kier alpha value is -2.69. The normalized spacial score (nSPS) is 13.0. The van der Waals surface area contributed by atoms with Crippen molar-refractivity contribution < 1.29 is 14.3 Å². The first kappa shape index (κ1) is 18.6. The monoisotopic (exact) mass is 342 g/mol. The number of carbonyl (C=O) groups is 1. The van der Waals surface area contributed by atoms with E-state index in [1.165, 1.54) is 0 Å². The highest BCUT2D eigenvalue weighted by Gasteiger charge is 2.19. The van der Waals surface area contributed by atoms with Gasteiger partial charge < -0.3 is 20.5 Å². The maximum absolute atomic E-state index is 12.5. The van der Waals surface area contributed by atoms with Crippen LogP contribution in [0, 0.1) is 0 Å². The molecule has 0 saturated carbocycles. The Kier molecular flexibility index (Phi) is 6.28. The number of amides is 1. The highest BCUT2D eigenvalue weighted by molar-refractivity contribution is 5.96. The van der Waals surface area contributed by atoms with E-state index in [-0.39, 0.29) is 5.91 Å². The Bertz CT molecular complexity index is 731. The zero-order chi connectivity index (χ0) is 18.4. The summed E-state index contributed by atoms with van der Waals surface area (Å²) in [5.41, 5.74) is 7.96. The molecule has 5 heteroatoms. The zero-order valence-electron chi connectivity index (χ0n) is 15.2. The number of nitrogens with one attached hydrogen (secondary N) is 1. The molecule has 3 N–H and O–H groups in total. The third kappa shape index (κ3) is 4.66. The molecule has 0 saturated heterocycles. The molecule has 0 heterocycles. The van der Waals surface area contributed by atoms with Crippen molar-refractivity contribution in [2.24, 2.45) is 0 Å². The fourth-order valence-corrected chi connectivity index (χ4v) is 2.52. The molecule has 25 heavy (non-hydrogen) atoms. The molecule has 134 valence electrons. The summed E-state index contributed by atoms with van der Waals surface area (Å²) in [6, 6.07) is 12.9. The van der Waals surface area contributed by atoms with Crippen molar-refractivity contribution in [2.75, 3.05) is 18.2 Å². The summed E-state index contributed by atoms with van der Waals surface area (Å²) in [7, 11) is 1.55. The average Bonchev–Trinajstić information content (AvgIpc) is 2.61. The van der Waals surface area contributed by atoms with Gasteiger partial charge in [-0.15, -0.1) is 0 Å². The first-order valence-electron chi connectivity index (χ1n) is 8.46. The van der Waals surface area contributed by atoms with Crippen LogP contribution in [0.5, 0.6) is 11.5 Å². The lowest BCUT2D eigenvalue weighted by molar-refractivity contribution is -0.122. The molecule has 0 bridgehead atoms. The molecule has 2 aromatic carbocycles. The number of para-hydroxylation sites is 1. The Morgan fingerprint density at radius 2 is 1.88 bits per heavy atom. The van der Waals surface area contributed by atoms with Crippen molar-refractivity contribution in [1.29, 1.82) is 0 Å². The van der Waals surface area contributed by atoms with Crippen LogP contribution in [0.25, 0.3) is 0 Å². The van der Waals surface area contributed by atoms with Crippen molar-refractivity contribution in [3.63, 3.8) is 0 Å². The summed E-state index contributed by atoms with van der Waals surface area (Å²) < 4.78 is 11.2. The van der Waals surface area contributed by atoms with E-state index < -0.39 is 6.10 Å². The summed E-state index contributed by atoms with van der Waals surface area (Å²) in [5, 5.41) is 2.82. The minimum atomic E-state index is -0.656. The van der Waals surface area contributed by atoms with Crippen LogP contribution in [-0.2, 0) is 4.79 Å². The predicted octanol–water partition coefficient (Wildman–Crippen LogP) is 4.20. The third-order valence-corrected chi connectivity index (χ3v) is 4.22. The lowest BCUT2D eigenvalue weighted by Gasteiger charge is -2.20. The molecule has 0 fully saturated rings. The molecule has 2 atom stereocenters. The highest BCUT2D eigenvalue weighted by Crippen LogP contribution is 2.30. The molecule has 0 aliphatic carbocycles. The molecule has 0 aliphatic rings. The Labute approximate surface area is 149 Å². The van der Waals surface area contributed by atoms with Gasteiger partial charge >= 0.3 is 0 Å². The van der Waals surface area contributed by atoms with Crippen LogP contribution in [0.2, 0.25) is 0 Å². The van der Waals surface area contributed by atoms with Crippen LogP contribution in [0.3, 0.4) is 0 Å². The fraction of sp³-hybridized carbons (Fsp3) is 0.350. The van der Waals surface area contributed by atoms with Gasteiger partial charge in [-0.3, -0.25) is 4.79 Å². The molecule has 0 radical (unpaired) electrons. The summed E-state index contributed by atoms with van der Waals surface area (Å²) in [5.74, 6) is 1.39. The number of methoxy groups -OCH3 is 1. The zero-order valence-corrected chi connectivity index (χ0v) is 15.2. The minimum absolute atomic E-state index is 0.261. The van der Waals surface area contributed by atoms with Gasteiger partial charge in [-0.2, -0.15) is 0 Å². The van der Waals surface area contributed by atoms with E-state index in [9.17, 15) is 4.79 Å². The quantitative estimate of drug-likeness (QED) is 0.740. The second kappa shape index (κ2) is 8.42. The van der Waals surface area contributed by atoms with Crippen molar-refractivity contribution in [1.82, 2.24) is 0 Å². The third-order valence-electron chi connectivity index (χ3n) is 4.22. The first-order chi connectivity index (χ1) is 12.0. The van der Waals surface area contributed by atoms with Gasteiger partial charge in [-0.05, 0) is 49.1 Å². The second-order valence-corrected chi connectivity index (χ2v) is 6.06. The van der Waals surface area contributed by atoms with E-state index >= 15 is 0 Å². The molecular weight excluding hydrogens is 316 g/mol. The summed E-state index contributed by atoms with van der Waals surface area (Å²) in [6.07, 6.45) is 0.345. The van der Waals surface area contributed by atoms with E-state index in [4.69, 9.17) is 15.2 Å². The average molecular weight is 342 g/mol. The van der Waals surface area contributed by atoms with Gasteiger partial charge in [0.15, 0.2) is 6.10 Å². The second-order valence-electron chi connectivity index (χ2n) is 6.06. The van der Waals surface area contributed by atoms with Crippen LogP contribution >= 0.6 is 0 Å². The summed E-state index contributed by atoms with van der Waals surface area (Å²) >= 11 is 0. The van der Waals surface area contributed by atoms with Gasteiger partial charge in [0.25, 0.3) is 5.91 Å². The molecule has 0 spiro atoms. The van der Waals surface area contributed by atoms with Crippen LogP contribution in [0.15, 0.2) is 42.5 Å². The Balaban J connectivity index is 2.13. The van der Waals surface area contributed by atoms with Gasteiger partial charge in [0.05, 0.1) is 12.8 Å². The maximum Gasteiger partial charge on any atom is 0.265 e. The van der Waals surface area contributed by atoms with Gasteiger partial charge in [-0.1, -0.05) is 32.0 Å². The van der Waals surface area contributed by atoms with Gasteiger partial charge in [-0.25, -0.2) is 0 Å². The Morgan fingerprint density at radius 3 is 2.56 bits per heavy atom. The van der Waals surface area contributed by atoms with E-state index in [1.807, 2.05) is 24.3 Å². The van der Waals surface area contributed by atoms with E-state index in [0.29, 0.717) is 23.0 Å². The van der Waals surface area contributed by atoms with E-state index in [1.54, 1.807) is 32.2 Å². The maximum atomic E-state index is 12.5. The Morgan fingerprint density at radius 1 is 1.16 bits per heavy atom. The molecule has 0 aromatic heterocycles. The molecular formula is C20H26N2O3. The lowest BCUT2D eigenvalue weighted by Crippen LogP contribution is -2.30. The molecule has 2 rings (SSSR count). The van der Waals surface area contributed by atoms with Crippen LogP contribution < -0.4 is 20.5 Å². The smallest absolute Gasteiger partial charge is 0.265 e. The molecule has 0 unspecified atom stereocenters. The fourth-order valence-electron chi connectivity index (χ4n) is 2.52. The number of carbonyl (C=O) groups excluding carboxylic acids is 1. The minimum Gasteiger partial charge on any atom is -0.495 e. The van der Waals surface area contributed by atoms with Gasteiger partial charge in [0.1, 0.15) is 11.5 Å². The van der Waals surface area contributed by atoms with Crippen molar-refractivity contribution in [2.45, 2.75) is 39.2 Å². The standard InChI is InChI=1S/C20H26N2O3/c1-5-13(2)16-8-6-7-9-18(16)25-14(3)20(23)22-17-12-15(21)10-11-19(17)24-4/h6-14H,5,21H2,1-4H3,(H,22,23)/t13-,14+/m0/s1. The number of rotatable bonds is 7. The predicted molar refractivity (Wildman–Crippen MR) is 101 cm³/mol. The molecule has 1 amide bonds.